The van der Waals surface area contributed by atoms with Crippen molar-refractivity contribution in [3.63, 3.8) is 0 Å². The number of esters is 3. The van der Waals surface area contributed by atoms with E-state index in [1.165, 1.54) is 27.2 Å². The van der Waals surface area contributed by atoms with E-state index in [1.807, 2.05) is 24.3 Å². The Morgan fingerprint density at radius 3 is 1.93 bits per heavy atom. The van der Waals surface area contributed by atoms with E-state index >= 15 is 0 Å². The number of rotatable bonds is 4. The van der Waals surface area contributed by atoms with Crippen LogP contribution < -0.4 is 5.32 Å². The van der Waals surface area contributed by atoms with E-state index in [0.29, 0.717) is 11.3 Å². The highest BCUT2D eigenvalue weighted by atomic mass is 16.7. The summed E-state index contributed by atoms with van der Waals surface area (Å²) in [6.07, 6.45) is 1.26. The van der Waals surface area contributed by atoms with Gasteiger partial charge in [-0.25, -0.2) is 14.4 Å². The maximum Gasteiger partial charge on any atom is 0.350 e. The Morgan fingerprint density at radius 1 is 0.929 bits per heavy atom. The number of anilines is 1. The van der Waals surface area contributed by atoms with Gasteiger partial charge in [0.15, 0.2) is 5.57 Å². The van der Waals surface area contributed by atoms with Crippen molar-refractivity contribution in [1.82, 2.24) is 0 Å². The first-order valence-electron chi connectivity index (χ1n) is 8.51. The minimum Gasteiger partial charge on any atom is -0.465 e. The second kappa shape index (κ2) is 7.56. The van der Waals surface area contributed by atoms with Gasteiger partial charge in [-0.3, -0.25) is 0 Å². The molecule has 0 amide bonds. The fourth-order valence-corrected chi connectivity index (χ4v) is 2.61. The number of hydrogen-bond donors (Lipinski definition) is 1. The summed E-state index contributed by atoms with van der Waals surface area (Å²) in [5.41, 5.74) is 2.81. The normalized spacial score (nSPS) is 15.3. The van der Waals surface area contributed by atoms with Crippen molar-refractivity contribution >= 4 is 23.6 Å². The molecular weight excluding hydrogens is 362 g/mol. The van der Waals surface area contributed by atoms with Gasteiger partial charge >= 0.3 is 17.9 Å². The van der Waals surface area contributed by atoms with Crippen LogP contribution in [0.5, 0.6) is 0 Å². The third kappa shape index (κ3) is 4.20. The average molecular weight is 381 g/mol. The molecule has 1 heterocycles. The molecule has 3 rings (SSSR count). The molecule has 1 N–H and O–H groups in total. The van der Waals surface area contributed by atoms with Crippen LogP contribution in [-0.4, -0.2) is 30.8 Å². The summed E-state index contributed by atoms with van der Waals surface area (Å²) in [6, 6.07) is 14.4. The number of carbonyl (C=O) groups is 3. The van der Waals surface area contributed by atoms with Crippen LogP contribution in [-0.2, 0) is 23.8 Å². The van der Waals surface area contributed by atoms with Crippen LogP contribution in [0.2, 0.25) is 0 Å². The third-order valence-corrected chi connectivity index (χ3v) is 4.02. The first kappa shape index (κ1) is 19.2. The summed E-state index contributed by atoms with van der Waals surface area (Å²) in [6.45, 7) is 2.98. The number of carbonyl (C=O) groups excluding carboxylic acids is 3. The van der Waals surface area contributed by atoms with E-state index in [4.69, 9.17) is 9.47 Å². The van der Waals surface area contributed by atoms with Crippen molar-refractivity contribution in [2.45, 2.75) is 19.6 Å². The number of benzene rings is 2. The Morgan fingerprint density at radius 2 is 1.43 bits per heavy atom. The van der Waals surface area contributed by atoms with E-state index in [-0.39, 0.29) is 11.5 Å². The van der Waals surface area contributed by atoms with E-state index in [2.05, 4.69) is 10.1 Å². The lowest BCUT2D eigenvalue weighted by Crippen LogP contribution is -2.42. The molecule has 7 heteroatoms. The molecule has 0 atom stereocenters. The van der Waals surface area contributed by atoms with Crippen molar-refractivity contribution < 1.29 is 28.6 Å². The minimum atomic E-state index is -1.27. The molecule has 1 aliphatic heterocycles. The highest BCUT2D eigenvalue weighted by molar-refractivity contribution is 6.15. The number of nitrogens with one attached hydrogen (secondary N) is 1. The molecule has 28 heavy (non-hydrogen) atoms. The smallest absolute Gasteiger partial charge is 0.350 e. The molecule has 0 bridgehead atoms. The van der Waals surface area contributed by atoms with E-state index in [0.717, 1.165) is 11.1 Å². The third-order valence-electron chi connectivity index (χ3n) is 4.02. The SMILES string of the molecule is COC(=O)c1ccc(-c2ccc(NC=C3C(=O)OC(C)(C)OC3=O)cc2)cc1. The summed E-state index contributed by atoms with van der Waals surface area (Å²) in [4.78, 5) is 35.3. The Kier molecular flexibility index (Phi) is 5.17. The van der Waals surface area contributed by atoms with Gasteiger partial charge in [0.1, 0.15) is 0 Å². The second-order valence-electron chi connectivity index (χ2n) is 6.53. The molecule has 0 saturated carbocycles. The summed E-state index contributed by atoms with van der Waals surface area (Å²) >= 11 is 0. The first-order chi connectivity index (χ1) is 13.3. The maximum atomic E-state index is 11.9. The largest absolute Gasteiger partial charge is 0.465 e. The quantitative estimate of drug-likeness (QED) is 0.494. The summed E-state index contributed by atoms with van der Waals surface area (Å²) < 4.78 is 14.7. The number of cyclic esters (lactones) is 2. The van der Waals surface area contributed by atoms with Crippen LogP contribution >= 0.6 is 0 Å². The predicted octanol–water partition coefficient (Wildman–Crippen LogP) is 3.27. The lowest BCUT2D eigenvalue weighted by molar-refractivity contribution is -0.222. The monoisotopic (exact) mass is 381 g/mol. The van der Waals surface area contributed by atoms with E-state index < -0.39 is 17.7 Å². The maximum absolute atomic E-state index is 11.9. The zero-order valence-electron chi connectivity index (χ0n) is 15.6. The van der Waals surface area contributed by atoms with Crippen molar-refractivity contribution in [1.29, 1.82) is 0 Å². The van der Waals surface area contributed by atoms with E-state index in [1.54, 1.807) is 24.3 Å². The fourth-order valence-electron chi connectivity index (χ4n) is 2.61. The Balaban J connectivity index is 1.70. The molecule has 0 aromatic heterocycles. The van der Waals surface area contributed by atoms with Gasteiger partial charge in [-0.2, -0.15) is 0 Å². The van der Waals surface area contributed by atoms with Crippen LogP contribution in [0.3, 0.4) is 0 Å². The van der Waals surface area contributed by atoms with Gasteiger partial charge < -0.3 is 19.5 Å². The van der Waals surface area contributed by atoms with Crippen LogP contribution in [0.15, 0.2) is 60.3 Å². The number of ether oxygens (including phenoxy) is 3. The molecule has 144 valence electrons. The highest BCUT2D eigenvalue weighted by Crippen LogP contribution is 2.24. The van der Waals surface area contributed by atoms with Gasteiger partial charge in [0, 0.05) is 25.7 Å². The number of methoxy groups -OCH3 is 1. The van der Waals surface area contributed by atoms with Gasteiger partial charge in [0.2, 0.25) is 0 Å². The van der Waals surface area contributed by atoms with Crippen LogP contribution in [0.4, 0.5) is 5.69 Å². The molecule has 0 unspecified atom stereocenters. The zero-order valence-corrected chi connectivity index (χ0v) is 15.6. The standard InChI is InChI=1S/C21H19NO6/c1-21(2)27-19(24)17(20(25)28-21)12-22-16-10-8-14(9-11-16)13-4-6-15(7-5-13)18(23)26-3/h4-12,22H,1-3H3. The fraction of sp³-hybridized carbons (Fsp3) is 0.190. The van der Waals surface area contributed by atoms with Crippen molar-refractivity contribution in [2.24, 2.45) is 0 Å². The Hall–Kier alpha value is -3.61. The molecule has 0 aliphatic carbocycles. The first-order valence-corrected chi connectivity index (χ1v) is 8.51. The molecule has 1 fully saturated rings. The highest BCUT2D eigenvalue weighted by Gasteiger charge is 2.38. The summed E-state index contributed by atoms with van der Waals surface area (Å²) in [5, 5.41) is 2.89. The topological polar surface area (TPSA) is 90.9 Å². The molecule has 2 aromatic rings. The molecule has 7 nitrogen and oxygen atoms in total. The van der Waals surface area contributed by atoms with Gasteiger partial charge in [0.25, 0.3) is 5.79 Å². The Labute approximate surface area is 161 Å². The molecule has 1 saturated heterocycles. The van der Waals surface area contributed by atoms with Gasteiger partial charge in [-0.15, -0.1) is 0 Å². The lowest BCUT2D eigenvalue weighted by atomic mass is 10.0. The summed E-state index contributed by atoms with van der Waals surface area (Å²) in [7, 11) is 1.34. The molecule has 2 aromatic carbocycles. The van der Waals surface area contributed by atoms with Crippen LogP contribution in [0, 0.1) is 0 Å². The molecule has 0 spiro atoms. The minimum absolute atomic E-state index is 0.207. The van der Waals surface area contributed by atoms with Gasteiger partial charge in [-0.05, 0) is 35.4 Å². The van der Waals surface area contributed by atoms with Gasteiger partial charge in [-0.1, -0.05) is 24.3 Å². The zero-order chi connectivity index (χ0) is 20.3. The van der Waals surface area contributed by atoms with Crippen molar-refractivity contribution in [2.75, 3.05) is 12.4 Å². The predicted molar refractivity (Wildman–Crippen MR) is 101 cm³/mol. The molecule has 0 radical (unpaired) electrons. The van der Waals surface area contributed by atoms with Crippen molar-refractivity contribution in [3.8, 4) is 11.1 Å². The number of hydrogen-bond acceptors (Lipinski definition) is 7. The lowest BCUT2D eigenvalue weighted by Gasteiger charge is -2.29. The average Bonchev–Trinajstić information content (AvgIpc) is 2.66. The molecular formula is C21H19NO6. The second-order valence-corrected chi connectivity index (χ2v) is 6.53. The van der Waals surface area contributed by atoms with Crippen LogP contribution in [0.25, 0.3) is 11.1 Å². The van der Waals surface area contributed by atoms with Gasteiger partial charge in [0.05, 0.1) is 12.7 Å². The Bertz CT molecular complexity index is 920. The summed E-state index contributed by atoms with van der Waals surface area (Å²) in [5.74, 6) is -3.13. The molecule has 1 aliphatic rings. The van der Waals surface area contributed by atoms with Crippen molar-refractivity contribution in [3.05, 3.63) is 65.9 Å². The van der Waals surface area contributed by atoms with Crippen LogP contribution in [0.1, 0.15) is 24.2 Å². The van der Waals surface area contributed by atoms with E-state index in [9.17, 15) is 14.4 Å².